The summed E-state index contributed by atoms with van der Waals surface area (Å²) in [7, 11) is 3.56. The summed E-state index contributed by atoms with van der Waals surface area (Å²) in [5.74, 6) is 0.694. The van der Waals surface area contributed by atoms with Gasteiger partial charge in [-0.1, -0.05) is 28.7 Å². The summed E-state index contributed by atoms with van der Waals surface area (Å²) in [6.07, 6.45) is 3.80. The first-order chi connectivity index (χ1) is 16.7. The number of carbonyl (C=O) groups is 1. The zero-order chi connectivity index (χ0) is 24.9. The van der Waals surface area contributed by atoms with Gasteiger partial charge < -0.3 is 15.0 Å². The first kappa shape index (κ1) is 24.1. The van der Waals surface area contributed by atoms with E-state index in [1.807, 2.05) is 45.4 Å². The molecule has 5 rings (SSSR count). The number of ether oxygens (including phenoxy) is 1. The number of aryl methyl sites for hydroxylation is 2. The van der Waals surface area contributed by atoms with E-state index in [2.05, 4.69) is 74.0 Å². The Morgan fingerprint density at radius 1 is 1.14 bits per heavy atom. The number of alkyl halides is 1. The number of methoxy groups -OCH3 is 1. The molecule has 1 amide bonds. The Morgan fingerprint density at radius 2 is 1.94 bits per heavy atom. The molecule has 2 aliphatic heterocycles. The SMILES string of the molecule is COc1cc(-c2cnn(C)c2)cc([C@@H](C)NC(=O)c2cc(N3CC4C3CN4C(C)I)ccc2C)c1. The van der Waals surface area contributed by atoms with Crippen LogP contribution < -0.4 is 15.0 Å². The van der Waals surface area contributed by atoms with Crippen LogP contribution in [-0.2, 0) is 7.05 Å². The van der Waals surface area contributed by atoms with Gasteiger partial charge in [0.1, 0.15) is 5.75 Å². The predicted octanol–water partition coefficient (Wildman–Crippen LogP) is 4.55. The van der Waals surface area contributed by atoms with E-state index in [9.17, 15) is 4.79 Å². The van der Waals surface area contributed by atoms with Gasteiger partial charge in [-0.2, -0.15) is 5.10 Å². The number of fused-ring (bicyclic) bond motifs is 1. The Balaban J connectivity index is 1.32. The fourth-order valence-corrected chi connectivity index (χ4v) is 5.75. The Morgan fingerprint density at radius 3 is 2.57 bits per heavy atom. The monoisotopic (exact) mass is 585 g/mol. The molecular weight excluding hydrogens is 553 g/mol. The fourth-order valence-electron chi connectivity index (χ4n) is 5.11. The fraction of sp³-hybridized carbons (Fsp3) is 0.407. The van der Waals surface area contributed by atoms with Crippen molar-refractivity contribution in [2.75, 3.05) is 25.1 Å². The van der Waals surface area contributed by atoms with Crippen molar-refractivity contribution < 1.29 is 9.53 Å². The van der Waals surface area contributed by atoms with E-state index in [-0.39, 0.29) is 11.9 Å². The van der Waals surface area contributed by atoms with Gasteiger partial charge in [0, 0.05) is 49.2 Å². The van der Waals surface area contributed by atoms with Crippen molar-refractivity contribution >= 4 is 34.2 Å². The van der Waals surface area contributed by atoms with Crippen molar-refractivity contribution in [1.82, 2.24) is 20.0 Å². The minimum absolute atomic E-state index is 0.0595. The third-order valence-electron chi connectivity index (χ3n) is 7.36. The van der Waals surface area contributed by atoms with Crippen LogP contribution in [0.2, 0.25) is 0 Å². The number of hydrogen-bond acceptors (Lipinski definition) is 5. The molecule has 8 heteroatoms. The molecule has 3 aromatic rings. The molecule has 4 atom stereocenters. The third kappa shape index (κ3) is 4.53. The van der Waals surface area contributed by atoms with Gasteiger partial charge in [-0.15, -0.1) is 0 Å². The predicted molar refractivity (Wildman–Crippen MR) is 147 cm³/mol. The number of benzene rings is 2. The van der Waals surface area contributed by atoms with Gasteiger partial charge in [-0.05, 0) is 67.8 Å². The summed E-state index contributed by atoms with van der Waals surface area (Å²) in [5, 5.41) is 7.48. The molecule has 3 unspecified atom stereocenters. The van der Waals surface area contributed by atoms with Crippen molar-refractivity contribution in [3.8, 4) is 16.9 Å². The Bertz CT molecular complexity index is 1260. The molecule has 7 nitrogen and oxygen atoms in total. The number of anilines is 1. The second-order valence-electron chi connectivity index (χ2n) is 9.65. The van der Waals surface area contributed by atoms with E-state index < -0.39 is 0 Å². The molecule has 3 heterocycles. The minimum Gasteiger partial charge on any atom is -0.497 e. The third-order valence-corrected chi connectivity index (χ3v) is 8.07. The van der Waals surface area contributed by atoms with Crippen molar-refractivity contribution in [2.45, 2.75) is 42.9 Å². The van der Waals surface area contributed by atoms with E-state index in [0.717, 1.165) is 52.3 Å². The van der Waals surface area contributed by atoms with Crippen LogP contribution in [0.15, 0.2) is 48.8 Å². The van der Waals surface area contributed by atoms with Crippen LogP contribution >= 0.6 is 22.6 Å². The number of amides is 1. The Labute approximate surface area is 220 Å². The summed E-state index contributed by atoms with van der Waals surface area (Å²) in [6, 6.07) is 13.3. The number of piperazine rings is 1. The zero-order valence-corrected chi connectivity index (χ0v) is 23.0. The number of hydrogen-bond donors (Lipinski definition) is 1. The summed E-state index contributed by atoms with van der Waals surface area (Å²) < 4.78 is 7.88. The van der Waals surface area contributed by atoms with Crippen LogP contribution in [0.5, 0.6) is 5.75 Å². The van der Waals surface area contributed by atoms with Crippen molar-refractivity contribution in [3.63, 3.8) is 0 Å². The lowest BCUT2D eigenvalue weighted by Crippen LogP contribution is -2.79. The lowest BCUT2D eigenvalue weighted by molar-refractivity contribution is 0.0106. The first-order valence-electron chi connectivity index (χ1n) is 12.0. The number of nitrogens with zero attached hydrogens (tertiary/aromatic N) is 4. The van der Waals surface area contributed by atoms with Crippen molar-refractivity contribution in [2.24, 2.45) is 7.05 Å². The van der Waals surface area contributed by atoms with E-state index >= 15 is 0 Å². The minimum atomic E-state index is -0.185. The van der Waals surface area contributed by atoms with Crippen LogP contribution in [0.3, 0.4) is 0 Å². The van der Waals surface area contributed by atoms with E-state index in [1.54, 1.807) is 11.8 Å². The molecule has 0 radical (unpaired) electrons. The molecule has 0 bridgehead atoms. The number of halogens is 1. The maximum atomic E-state index is 13.4. The number of nitrogens with one attached hydrogen (secondary N) is 1. The molecule has 1 aromatic heterocycles. The number of rotatable bonds is 7. The average Bonchev–Trinajstić information content (AvgIpc) is 3.26. The van der Waals surface area contributed by atoms with Crippen molar-refractivity contribution in [3.05, 3.63) is 65.5 Å². The smallest absolute Gasteiger partial charge is 0.252 e. The standard InChI is InChI=1S/C27H32IN5O2/c1-16-6-7-22(33-15-25-26(33)14-32(25)18(3)28)11-24(16)27(34)30-17(2)19-8-20(10-23(9-19)35-5)21-12-29-31(4)13-21/h6-13,17-18,25-26H,14-15H2,1-5H3,(H,30,34)/t17-,18?,25?,26?/m1/s1. The molecule has 2 saturated heterocycles. The molecular formula is C27H32IN5O2. The van der Waals surface area contributed by atoms with E-state index in [1.165, 1.54) is 0 Å². The molecule has 1 N–H and O–H groups in total. The van der Waals surface area contributed by atoms with Crippen LogP contribution in [0, 0.1) is 6.92 Å². The largest absolute Gasteiger partial charge is 0.497 e. The highest BCUT2D eigenvalue weighted by atomic mass is 127. The van der Waals surface area contributed by atoms with Gasteiger partial charge in [0.05, 0.1) is 29.4 Å². The Kier molecular flexibility index (Phi) is 6.52. The van der Waals surface area contributed by atoms with Crippen LogP contribution in [-0.4, -0.2) is 56.9 Å². The second-order valence-corrected chi connectivity index (χ2v) is 11.5. The van der Waals surface area contributed by atoms with Crippen LogP contribution in [0.1, 0.15) is 41.4 Å². The van der Waals surface area contributed by atoms with E-state index in [4.69, 9.17) is 4.74 Å². The van der Waals surface area contributed by atoms with Crippen LogP contribution in [0.4, 0.5) is 5.69 Å². The molecule has 2 fully saturated rings. The molecule has 35 heavy (non-hydrogen) atoms. The maximum Gasteiger partial charge on any atom is 0.252 e. The Hall–Kier alpha value is -2.59. The molecule has 184 valence electrons. The molecule has 2 aromatic carbocycles. The lowest BCUT2D eigenvalue weighted by Gasteiger charge is -2.64. The second kappa shape index (κ2) is 9.46. The molecule has 0 saturated carbocycles. The summed E-state index contributed by atoms with van der Waals surface area (Å²) in [5.41, 5.74) is 5.84. The van der Waals surface area contributed by atoms with Crippen molar-refractivity contribution in [1.29, 1.82) is 0 Å². The lowest BCUT2D eigenvalue weighted by atomic mass is 9.84. The maximum absolute atomic E-state index is 13.4. The molecule has 2 aliphatic rings. The molecule has 0 aliphatic carbocycles. The van der Waals surface area contributed by atoms with Gasteiger partial charge in [-0.25, -0.2) is 0 Å². The zero-order valence-electron chi connectivity index (χ0n) is 20.8. The average molecular weight is 585 g/mol. The highest BCUT2D eigenvalue weighted by molar-refractivity contribution is 14.1. The topological polar surface area (TPSA) is 62.6 Å². The highest BCUT2D eigenvalue weighted by Gasteiger charge is 2.52. The van der Waals surface area contributed by atoms with Gasteiger partial charge in [0.15, 0.2) is 0 Å². The molecule has 0 spiro atoms. The summed E-state index contributed by atoms with van der Waals surface area (Å²) >= 11 is 2.49. The van der Waals surface area contributed by atoms with Crippen LogP contribution in [0.25, 0.3) is 11.1 Å². The van der Waals surface area contributed by atoms with E-state index in [0.29, 0.717) is 16.1 Å². The summed E-state index contributed by atoms with van der Waals surface area (Å²) in [4.78, 5) is 18.3. The van der Waals surface area contributed by atoms with Gasteiger partial charge in [0.2, 0.25) is 0 Å². The van der Waals surface area contributed by atoms with Gasteiger partial charge in [-0.3, -0.25) is 14.4 Å². The van der Waals surface area contributed by atoms with Gasteiger partial charge in [0.25, 0.3) is 5.91 Å². The normalized spacial score (nSPS) is 20.9. The highest BCUT2D eigenvalue weighted by Crippen LogP contribution is 2.40. The first-order valence-corrected chi connectivity index (χ1v) is 13.3. The van der Waals surface area contributed by atoms with Gasteiger partial charge >= 0.3 is 0 Å². The summed E-state index contributed by atoms with van der Waals surface area (Å²) in [6.45, 7) is 8.37. The number of likely N-dealkylation sites (tertiary alicyclic amines) is 1. The quantitative estimate of drug-likeness (QED) is 0.251. The number of carbonyl (C=O) groups excluding carboxylic acids is 1. The number of aromatic nitrogens is 2.